The minimum Gasteiger partial charge on any atom is -0.355 e. The number of rotatable bonds is 7. The summed E-state index contributed by atoms with van der Waals surface area (Å²) in [5.74, 6) is 0.233. The second kappa shape index (κ2) is 9.34. The Bertz CT molecular complexity index is 1060. The van der Waals surface area contributed by atoms with Crippen LogP contribution in [0.1, 0.15) is 36.3 Å². The van der Waals surface area contributed by atoms with Gasteiger partial charge in [-0.2, -0.15) is 5.10 Å². The fourth-order valence-corrected chi connectivity index (χ4v) is 4.33. The number of nitrogens with one attached hydrogen (secondary N) is 2. The summed E-state index contributed by atoms with van der Waals surface area (Å²) in [6.45, 7) is 5.66. The molecule has 3 heterocycles. The molecule has 7 heteroatoms. The molecule has 0 spiro atoms. The van der Waals surface area contributed by atoms with E-state index in [0.717, 1.165) is 16.7 Å². The highest BCUT2D eigenvalue weighted by Crippen LogP contribution is 2.38. The Morgan fingerprint density at radius 1 is 1.16 bits per heavy atom. The molecule has 0 radical (unpaired) electrons. The molecule has 2 N–H and O–H groups in total. The lowest BCUT2D eigenvalue weighted by molar-refractivity contribution is -0.130. The van der Waals surface area contributed by atoms with Crippen molar-refractivity contribution in [1.82, 2.24) is 25.4 Å². The van der Waals surface area contributed by atoms with Gasteiger partial charge in [0.1, 0.15) is 5.69 Å². The predicted octanol–water partition coefficient (Wildman–Crippen LogP) is 3.32. The largest absolute Gasteiger partial charge is 0.355 e. The highest BCUT2D eigenvalue weighted by atomic mass is 16.2. The van der Waals surface area contributed by atoms with E-state index in [1.54, 1.807) is 23.4 Å². The number of carbonyl (C=O) groups excluding carboxylic acids is 2. The van der Waals surface area contributed by atoms with Crippen LogP contribution in [0.15, 0.2) is 61.1 Å². The molecule has 32 heavy (non-hydrogen) atoms. The average Bonchev–Trinajstić information content (AvgIpc) is 3.49. The lowest BCUT2D eigenvalue weighted by Gasteiger charge is -2.29. The number of hydrogen-bond acceptors (Lipinski definition) is 4. The molecule has 1 fully saturated rings. The Labute approximate surface area is 188 Å². The topological polar surface area (TPSA) is 91.0 Å². The first-order chi connectivity index (χ1) is 15.5. The normalized spacial score (nSPS) is 18.2. The Morgan fingerprint density at radius 2 is 2.00 bits per heavy atom. The van der Waals surface area contributed by atoms with Crippen molar-refractivity contribution in [3.8, 4) is 11.1 Å². The van der Waals surface area contributed by atoms with E-state index in [2.05, 4.69) is 46.5 Å². The molecule has 4 rings (SSSR count). The van der Waals surface area contributed by atoms with E-state index in [1.165, 1.54) is 0 Å². The molecule has 0 bridgehead atoms. The lowest BCUT2D eigenvalue weighted by Crippen LogP contribution is -2.46. The van der Waals surface area contributed by atoms with Crippen molar-refractivity contribution in [2.75, 3.05) is 19.6 Å². The number of nitrogens with zero attached hydrogens (tertiary/aromatic N) is 3. The quantitative estimate of drug-likeness (QED) is 0.600. The zero-order chi connectivity index (χ0) is 22.6. The van der Waals surface area contributed by atoms with Gasteiger partial charge >= 0.3 is 0 Å². The maximum atomic E-state index is 13.5. The van der Waals surface area contributed by atoms with E-state index < -0.39 is 5.41 Å². The average molecular weight is 432 g/mol. The number of aromatic amines is 1. The number of aromatic nitrogens is 3. The van der Waals surface area contributed by atoms with Gasteiger partial charge in [-0.1, -0.05) is 44.2 Å². The summed E-state index contributed by atoms with van der Waals surface area (Å²) in [4.78, 5) is 32.5. The predicted molar refractivity (Wildman–Crippen MR) is 123 cm³/mol. The van der Waals surface area contributed by atoms with Crippen molar-refractivity contribution < 1.29 is 9.59 Å². The van der Waals surface area contributed by atoms with Gasteiger partial charge < -0.3 is 10.2 Å². The summed E-state index contributed by atoms with van der Waals surface area (Å²) in [6, 6.07) is 13.7. The van der Waals surface area contributed by atoms with Crippen molar-refractivity contribution in [3.63, 3.8) is 0 Å². The van der Waals surface area contributed by atoms with Crippen LogP contribution in [-0.4, -0.2) is 51.5 Å². The second-order valence-electron chi connectivity index (χ2n) is 8.91. The molecule has 7 nitrogen and oxygen atoms in total. The fraction of sp³-hybridized carbons (Fsp3) is 0.360. The van der Waals surface area contributed by atoms with Gasteiger partial charge in [0.2, 0.25) is 5.91 Å². The van der Waals surface area contributed by atoms with Gasteiger partial charge in [0.15, 0.2) is 0 Å². The number of hydrogen-bond donors (Lipinski definition) is 2. The van der Waals surface area contributed by atoms with Gasteiger partial charge in [0.05, 0.1) is 5.41 Å². The molecule has 1 aromatic carbocycles. The summed E-state index contributed by atoms with van der Waals surface area (Å²) in [5, 5.41) is 9.76. The molecule has 1 atom stereocenters. The summed E-state index contributed by atoms with van der Waals surface area (Å²) in [5.41, 5.74) is 2.91. The molecule has 0 saturated carbocycles. The van der Waals surface area contributed by atoms with Crippen LogP contribution in [0, 0.1) is 11.3 Å². The van der Waals surface area contributed by atoms with E-state index in [9.17, 15) is 9.59 Å². The van der Waals surface area contributed by atoms with E-state index in [0.29, 0.717) is 44.1 Å². The van der Waals surface area contributed by atoms with Crippen LogP contribution in [0.25, 0.3) is 11.1 Å². The Kier molecular flexibility index (Phi) is 6.35. The summed E-state index contributed by atoms with van der Waals surface area (Å²) >= 11 is 0. The number of carbonyl (C=O) groups is 2. The van der Waals surface area contributed by atoms with Crippen LogP contribution in [0.4, 0.5) is 0 Å². The molecule has 166 valence electrons. The summed E-state index contributed by atoms with van der Waals surface area (Å²) in [7, 11) is 0. The zero-order valence-electron chi connectivity index (χ0n) is 18.5. The van der Waals surface area contributed by atoms with Crippen molar-refractivity contribution in [2.24, 2.45) is 11.3 Å². The number of pyridine rings is 1. The van der Waals surface area contributed by atoms with Crippen LogP contribution in [0.3, 0.4) is 0 Å². The highest BCUT2D eigenvalue weighted by molar-refractivity contribution is 5.93. The van der Waals surface area contributed by atoms with Gasteiger partial charge in [-0.25, -0.2) is 0 Å². The molecule has 2 amide bonds. The van der Waals surface area contributed by atoms with Gasteiger partial charge in [0, 0.05) is 43.8 Å². The molecule has 0 aliphatic carbocycles. The minimum absolute atomic E-state index is 0.00657. The van der Waals surface area contributed by atoms with E-state index in [1.807, 2.05) is 30.5 Å². The third kappa shape index (κ3) is 4.56. The first-order valence-corrected chi connectivity index (χ1v) is 11.0. The smallest absolute Gasteiger partial charge is 0.271 e. The standard InChI is InChI=1S/C25H29N5O2/c1-18(2)15-27-24(32)25(10-13-30(17-25)23(31)22-9-12-28-29-22)14-19-6-3-4-8-21(19)20-7-5-11-26-16-20/h3-9,11-12,16,18H,10,13-15,17H2,1-2H3,(H,27,32)(H,28,29). The molecular formula is C25H29N5O2. The van der Waals surface area contributed by atoms with E-state index in [-0.39, 0.29) is 11.8 Å². The van der Waals surface area contributed by atoms with E-state index >= 15 is 0 Å². The van der Waals surface area contributed by atoms with E-state index in [4.69, 9.17) is 0 Å². The maximum Gasteiger partial charge on any atom is 0.271 e. The second-order valence-corrected chi connectivity index (χ2v) is 8.91. The summed E-state index contributed by atoms with van der Waals surface area (Å²) < 4.78 is 0. The summed E-state index contributed by atoms with van der Waals surface area (Å²) in [6.07, 6.45) is 6.32. The lowest BCUT2D eigenvalue weighted by atomic mass is 9.78. The zero-order valence-corrected chi connectivity index (χ0v) is 18.5. The Balaban J connectivity index is 1.64. The molecule has 1 saturated heterocycles. The number of likely N-dealkylation sites (tertiary alicyclic amines) is 1. The number of amides is 2. The van der Waals surface area contributed by atoms with Crippen LogP contribution >= 0.6 is 0 Å². The monoisotopic (exact) mass is 431 g/mol. The van der Waals surface area contributed by atoms with Gasteiger partial charge in [-0.05, 0) is 42.0 Å². The highest BCUT2D eigenvalue weighted by Gasteiger charge is 2.46. The van der Waals surface area contributed by atoms with Crippen LogP contribution in [0.2, 0.25) is 0 Å². The van der Waals surface area contributed by atoms with Crippen molar-refractivity contribution in [2.45, 2.75) is 26.7 Å². The molecule has 2 aromatic heterocycles. The Hall–Kier alpha value is -3.48. The first kappa shape index (κ1) is 21.7. The first-order valence-electron chi connectivity index (χ1n) is 11.0. The van der Waals surface area contributed by atoms with Crippen LogP contribution in [-0.2, 0) is 11.2 Å². The van der Waals surface area contributed by atoms with Gasteiger partial charge in [-0.3, -0.25) is 19.7 Å². The molecule has 1 aliphatic heterocycles. The number of benzene rings is 1. The van der Waals surface area contributed by atoms with Crippen LogP contribution < -0.4 is 5.32 Å². The van der Waals surface area contributed by atoms with Gasteiger partial charge in [0.25, 0.3) is 5.91 Å². The van der Waals surface area contributed by atoms with Crippen LogP contribution in [0.5, 0.6) is 0 Å². The fourth-order valence-electron chi connectivity index (χ4n) is 4.33. The molecule has 1 aliphatic rings. The van der Waals surface area contributed by atoms with Crippen molar-refractivity contribution in [3.05, 3.63) is 72.3 Å². The SMILES string of the molecule is CC(C)CNC(=O)C1(Cc2ccccc2-c2cccnc2)CCN(C(=O)c2ccn[nH]2)C1. The Morgan fingerprint density at radius 3 is 2.72 bits per heavy atom. The van der Waals surface area contributed by atoms with Crippen molar-refractivity contribution >= 4 is 11.8 Å². The minimum atomic E-state index is -0.692. The van der Waals surface area contributed by atoms with Gasteiger partial charge in [-0.15, -0.1) is 0 Å². The molecule has 1 unspecified atom stereocenters. The molecule has 3 aromatic rings. The maximum absolute atomic E-state index is 13.5. The van der Waals surface area contributed by atoms with Crippen molar-refractivity contribution in [1.29, 1.82) is 0 Å². The molecular weight excluding hydrogens is 402 g/mol. The third-order valence-electron chi connectivity index (χ3n) is 6.04. The number of H-pyrrole nitrogens is 1. The third-order valence-corrected chi connectivity index (χ3v) is 6.04.